The molecule has 2 bridgehead atoms. The van der Waals surface area contributed by atoms with Gasteiger partial charge in [-0.1, -0.05) is 55.5 Å². The van der Waals surface area contributed by atoms with E-state index < -0.39 is 20.4 Å². The Labute approximate surface area is 244 Å². The summed E-state index contributed by atoms with van der Waals surface area (Å²) >= 11 is 0. The van der Waals surface area contributed by atoms with Gasteiger partial charge in [0, 0.05) is 18.2 Å². The summed E-state index contributed by atoms with van der Waals surface area (Å²) in [6.07, 6.45) is 4.84. The van der Waals surface area contributed by atoms with E-state index >= 15 is 0 Å². The minimum absolute atomic E-state index is 0.00659. The number of hydrogen-bond donors (Lipinski definition) is 1. The molecule has 0 aliphatic carbocycles. The van der Waals surface area contributed by atoms with Crippen LogP contribution in [0.3, 0.4) is 0 Å². The SMILES string of the molecule is CC[C@]12CO[C@@H](C1O[P@]1O[C@@H](c3ccccc3)[C@H]3CCCN31)[C@H](n1cnc3c(NC(=O)c4ccccc4)ncnc31)O2. The number of amides is 1. The summed E-state index contributed by atoms with van der Waals surface area (Å²) in [7, 11) is -1.28. The summed E-state index contributed by atoms with van der Waals surface area (Å²) in [5.74, 6) is 0.0699. The number of nitrogens with zero attached hydrogens (tertiary/aromatic N) is 5. The Kier molecular flexibility index (Phi) is 6.55. The van der Waals surface area contributed by atoms with Crippen LogP contribution in [-0.2, 0) is 18.5 Å². The van der Waals surface area contributed by atoms with Crippen molar-refractivity contribution < 1.29 is 23.3 Å². The fraction of sp³-hybridized carbons (Fsp3) is 0.400. The Bertz CT molecular complexity index is 1610. The Morgan fingerprint density at radius 1 is 1.12 bits per heavy atom. The zero-order valence-corrected chi connectivity index (χ0v) is 24.0. The Hall–Kier alpha value is -3.31. The topological polar surface area (TPSA) is 113 Å². The van der Waals surface area contributed by atoms with E-state index in [1.165, 1.54) is 11.9 Å². The fourth-order valence-corrected chi connectivity index (χ4v) is 8.67. The molecule has 0 saturated carbocycles. The normalized spacial score (nSPS) is 32.0. The quantitative estimate of drug-likeness (QED) is 0.299. The summed E-state index contributed by atoms with van der Waals surface area (Å²) < 4.78 is 30.9. The van der Waals surface area contributed by atoms with Gasteiger partial charge in [0.1, 0.15) is 30.2 Å². The molecule has 2 aromatic heterocycles. The van der Waals surface area contributed by atoms with Crippen molar-refractivity contribution in [3.63, 3.8) is 0 Å². The number of imidazole rings is 1. The molecule has 216 valence electrons. The van der Waals surface area contributed by atoms with Crippen molar-refractivity contribution in [2.24, 2.45) is 0 Å². The largest absolute Gasteiger partial charge is 0.368 e. The van der Waals surface area contributed by atoms with Crippen LogP contribution in [0.25, 0.3) is 11.2 Å². The Morgan fingerprint density at radius 3 is 2.74 bits per heavy atom. The van der Waals surface area contributed by atoms with Gasteiger partial charge in [0.2, 0.25) is 0 Å². The number of aromatic nitrogens is 4. The van der Waals surface area contributed by atoms with Crippen LogP contribution in [0.2, 0.25) is 0 Å². The Morgan fingerprint density at radius 2 is 1.93 bits per heavy atom. The van der Waals surface area contributed by atoms with Gasteiger partial charge in [-0.05, 0) is 37.0 Å². The molecule has 7 atom stereocenters. The number of carbonyl (C=O) groups excluding carboxylic acids is 1. The van der Waals surface area contributed by atoms with Gasteiger partial charge in [-0.15, -0.1) is 0 Å². The van der Waals surface area contributed by atoms with Gasteiger partial charge >= 0.3 is 0 Å². The standard InChI is InChI=1S/C30H31N6O5P/c1-2-30-16-38-24(25(30)41-42-36-15-9-14-21(36)23(40-42)19-10-5-3-6-11-19)29(39-30)35-18-33-22-26(31-17-32-27(22)35)34-28(37)20-12-7-4-8-13-20/h3-8,10-13,17-18,21,23-25,29H,2,9,14-16H2,1H3,(H,31,32,34,37)/t21-,23+,24+,25?,29-,30+,42+/m1/s1. The summed E-state index contributed by atoms with van der Waals surface area (Å²) in [4.78, 5) is 26.2. The summed E-state index contributed by atoms with van der Waals surface area (Å²) in [6.45, 7) is 3.51. The number of nitrogens with one attached hydrogen (secondary N) is 1. The van der Waals surface area contributed by atoms with Gasteiger partial charge < -0.3 is 23.8 Å². The molecule has 4 aliphatic heterocycles. The average Bonchev–Trinajstić information content (AvgIpc) is 3.86. The van der Waals surface area contributed by atoms with Crippen LogP contribution in [0.1, 0.15) is 54.4 Å². The lowest BCUT2D eigenvalue weighted by Gasteiger charge is -2.31. The highest BCUT2D eigenvalue weighted by Crippen LogP contribution is 2.63. The molecule has 42 heavy (non-hydrogen) atoms. The number of hydrogen-bond acceptors (Lipinski definition) is 9. The first-order valence-electron chi connectivity index (χ1n) is 14.4. The van der Waals surface area contributed by atoms with Gasteiger partial charge in [0.25, 0.3) is 14.4 Å². The van der Waals surface area contributed by atoms with Crippen LogP contribution >= 0.6 is 8.53 Å². The second-order valence-corrected chi connectivity index (χ2v) is 12.6. The van der Waals surface area contributed by atoms with Crippen molar-refractivity contribution in [1.29, 1.82) is 0 Å². The first kappa shape index (κ1) is 26.3. The van der Waals surface area contributed by atoms with Crippen LogP contribution < -0.4 is 5.32 Å². The van der Waals surface area contributed by atoms with E-state index in [9.17, 15) is 4.79 Å². The number of ether oxygens (including phenoxy) is 2. The second kappa shape index (κ2) is 10.4. The third kappa shape index (κ3) is 4.18. The molecule has 6 heterocycles. The van der Waals surface area contributed by atoms with Gasteiger partial charge in [0.05, 0.1) is 12.9 Å². The molecular weight excluding hydrogens is 555 g/mol. The molecule has 8 rings (SSSR count). The van der Waals surface area contributed by atoms with Crippen molar-refractivity contribution in [3.05, 3.63) is 84.4 Å². The van der Waals surface area contributed by atoms with Crippen LogP contribution in [0.4, 0.5) is 5.82 Å². The van der Waals surface area contributed by atoms with Crippen LogP contribution in [0.15, 0.2) is 73.3 Å². The molecule has 1 amide bonds. The first-order valence-corrected chi connectivity index (χ1v) is 15.6. The highest BCUT2D eigenvalue weighted by Gasteiger charge is 2.64. The maximum absolute atomic E-state index is 12.8. The number of fused-ring (bicyclic) bond motifs is 4. The third-order valence-electron chi connectivity index (χ3n) is 8.84. The first-order chi connectivity index (χ1) is 20.6. The van der Waals surface area contributed by atoms with E-state index in [2.05, 4.69) is 56.1 Å². The van der Waals surface area contributed by atoms with E-state index in [4.69, 9.17) is 18.5 Å². The van der Waals surface area contributed by atoms with Crippen molar-refractivity contribution in [2.45, 2.75) is 62.4 Å². The third-order valence-corrected chi connectivity index (χ3v) is 10.6. The van der Waals surface area contributed by atoms with Crippen molar-refractivity contribution in [1.82, 2.24) is 24.2 Å². The zero-order chi connectivity index (χ0) is 28.3. The van der Waals surface area contributed by atoms with E-state index in [-0.39, 0.29) is 24.2 Å². The number of carbonyl (C=O) groups is 1. The maximum Gasteiger partial charge on any atom is 0.260 e. The van der Waals surface area contributed by atoms with Crippen molar-refractivity contribution >= 4 is 31.4 Å². The van der Waals surface area contributed by atoms with E-state index in [1.54, 1.807) is 18.5 Å². The average molecular weight is 587 g/mol. The van der Waals surface area contributed by atoms with E-state index in [1.807, 2.05) is 28.8 Å². The molecule has 12 heteroatoms. The highest BCUT2D eigenvalue weighted by atomic mass is 31.2. The lowest BCUT2D eigenvalue weighted by molar-refractivity contribution is -0.172. The number of anilines is 1. The molecule has 4 saturated heterocycles. The predicted molar refractivity (Wildman–Crippen MR) is 154 cm³/mol. The van der Waals surface area contributed by atoms with Crippen molar-refractivity contribution in [2.75, 3.05) is 18.5 Å². The minimum atomic E-state index is -1.28. The molecule has 4 fully saturated rings. The highest BCUT2D eigenvalue weighted by molar-refractivity contribution is 7.45. The summed E-state index contributed by atoms with van der Waals surface area (Å²) in [5.41, 5.74) is 2.13. The zero-order valence-electron chi connectivity index (χ0n) is 23.1. The smallest absolute Gasteiger partial charge is 0.260 e. The lowest BCUT2D eigenvalue weighted by Crippen LogP contribution is -2.41. The van der Waals surface area contributed by atoms with Crippen LogP contribution in [-0.4, -0.2) is 67.1 Å². The summed E-state index contributed by atoms with van der Waals surface area (Å²) in [6, 6.07) is 19.7. The second-order valence-electron chi connectivity index (χ2n) is 11.1. The molecule has 2 aromatic carbocycles. The van der Waals surface area contributed by atoms with Crippen molar-refractivity contribution in [3.8, 4) is 0 Å². The molecule has 1 N–H and O–H groups in total. The number of benzene rings is 2. The summed E-state index contributed by atoms with van der Waals surface area (Å²) in [5, 5.41) is 2.87. The molecule has 4 aliphatic rings. The van der Waals surface area contributed by atoms with Crippen LogP contribution in [0.5, 0.6) is 0 Å². The van der Waals surface area contributed by atoms with Gasteiger partial charge in [0.15, 0.2) is 23.2 Å². The van der Waals surface area contributed by atoms with Gasteiger partial charge in [-0.2, -0.15) is 0 Å². The maximum atomic E-state index is 12.8. The molecule has 0 radical (unpaired) electrons. The molecule has 4 aromatic rings. The number of rotatable bonds is 7. The molecule has 1 unspecified atom stereocenters. The minimum Gasteiger partial charge on any atom is -0.368 e. The van der Waals surface area contributed by atoms with E-state index in [0.717, 1.165) is 25.8 Å². The Balaban J connectivity index is 1.06. The van der Waals surface area contributed by atoms with Gasteiger partial charge in [-0.3, -0.25) is 9.36 Å². The van der Waals surface area contributed by atoms with Gasteiger partial charge in [-0.25, -0.2) is 19.6 Å². The van der Waals surface area contributed by atoms with E-state index in [0.29, 0.717) is 35.2 Å². The molecule has 11 nitrogen and oxygen atoms in total. The monoisotopic (exact) mass is 586 g/mol. The predicted octanol–water partition coefficient (Wildman–Crippen LogP) is 5.00. The van der Waals surface area contributed by atoms with Crippen LogP contribution in [0, 0.1) is 0 Å². The molecular formula is C30H31N6O5P. The fourth-order valence-electron chi connectivity index (χ4n) is 6.63. The lowest BCUT2D eigenvalue weighted by atomic mass is 9.96. The molecule has 0 spiro atoms.